The molecule has 0 radical (unpaired) electrons. The van der Waals surface area contributed by atoms with Crippen molar-refractivity contribution in [1.29, 1.82) is 0 Å². The van der Waals surface area contributed by atoms with Crippen molar-refractivity contribution in [2.45, 2.75) is 57.3 Å². The van der Waals surface area contributed by atoms with Crippen LogP contribution in [-0.2, 0) is 15.4 Å². The molecular formula is C28H36ClN3O2S. The molecule has 1 aromatic heterocycles. The second-order valence-corrected chi connectivity index (χ2v) is 12.7. The first-order valence-electron chi connectivity index (χ1n) is 12.3. The summed E-state index contributed by atoms with van der Waals surface area (Å²) in [5, 5.41) is 1.94. The fraction of sp³-hybridized carbons (Fsp3) is 0.429. The second-order valence-electron chi connectivity index (χ2n) is 10.4. The van der Waals surface area contributed by atoms with E-state index >= 15 is 0 Å². The Kier molecular flexibility index (Phi) is 7.77. The number of nitrogens with zero attached hydrogens (tertiary/aromatic N) is 2. The maximum atomic E-state index is 12.6. The van der Waals surface area contributed by atoms with Crippen LogP contribution in [0.1, 0.15) is 51.3 Å². The molecule has 0 atom stereocenters. The van der Waals surface area contributed by atoms with Crippen LogP contribution >= 0.6 is 11.6 Å². The number of nitrogens with one attached hydrogen (secondary N) is 1. The number of sulfonamides is 1. The standard InChI is InChI=1S/C28H36ClN3O2S/c1-21-19-22-20-24(29)9-12-27(22)32(21)25-13-17-31(18-14-25)16-6-5-15-30-35(33,34)26-10-7-23(8-11-26)28(2,3)4/h7-13,19-20,30H,5-6,14-18H2,1-4H3. The smallest absolute Gasteiger partial charge is 0.240 e. The summed E-state index contributed by atoms with van der Waals surface area (Å²) in [5.41, 5.74) is 4.89. The molecule has 2 heterocycles. The van der Waals surface area contributed by atoms with Gasteiger partial charge in [0, 0.05) is 47.9 Å². The molecule has 1 aliphatic heterocycles. The largest absolute Gasteiger partial charge is 0.318 e. The molecule has 1 aliphatic rings. The average molecular weight is 514 g/mol. The van der Waals surface area contributed by atoms with Gasteiger partial charge in [0.15, 0.2) is 0 Å². The number of aromatic nitrogens is 1. The van der Waals surface area contributed by atoms with Gasteiger partial charge >= 0.3 is 0 Å². The molecular weight excluding hydrogens is 478 g/mol. The van der Waals surface area contributed by atoms with Crippen LogP contribution in [0.25, 0.3) is 16.6 Å². The van der Waals surface area contributed by atoms with E-state index in [0.717, 1.165) is 49.5 Å². The van der Waals surface area contributed by atoms with Gasteiger partial charge in [0.25, 0.3) is 0 Å². The van der Waals surface area contributed by atoms with E-state index in [1.165, 1.54) is 22.3 Å². The number of fused-ring (bicyclic) bond motifs is 1. The Hall–Kier alpha value is -2.12. The quantitative estimate of drug-likeness (QED) is 0.364. The molecule has 1 N–H and O–H groups in total. The lowest BCUT2D eigenvalue weighted by Crippen LogP contribution is -2.31. The molecule has 0 saturated carbocycles. The molecule has 0 spiro atoms. The minimum absolute atomic E-state index is 0.00290. The van der Waals surface area contributed by atoms with E-state index in [0.29, 0.717) is 11.4 Å². The molecule has 3 aromatic rings. The zero-order valence-corrected chi connectivity index (χ0v) is 22.7. The molecule has 0 unspecified atom stereocenters. The Bertz CT molecular complexity index is 1320. The number of unbranched alkanes of at least 4 members (excludes halogenated alkanes) is 1. The minimum Gasteiger partial charge on any atom is -0.318 e. The fourth-order valence-electron chi connectivity index (χ4n) is 4.70. The normalized spacial score (nSPS) is 15.5. The maximum Gasteiger partial charge on any atom is 0.240 e. The Labute approximate surface area is 214 Å². The van der Waals surface area contributed by atoms with E-state index in [1.807, 2.05) is 24.3 Å². The van der Waals surface area contributed by atoms with Crippen molar-refractivity contribution in [3.63, 3.8) is 0 Å². The fourth-order valence-corrected chi connectivity index (χ4v) is 5.95. The number of benzene rings is 2. The van der Waals surface area contributed by atoms with Crippen LogP contribution < -0.4 is 4.72 Å². The van der Waals surface area contributed by atoms with E-state index in [-0.39, 0.29) is 5.41 Å². The van der Waals surface area contributed by atoms with Crippen molar-refractivity contribution in [1.82, 2.24) is 14.2 Å². The highest BCUT2D eigenvalue weighted by Crippen LogP contribution is 2.29. The third-order valence-electron chi connectivity index (χ3n) is 6.73. The lowest BCUT2D eigenvalue weighted by Gasteiger charge is -2.27. The van der Waals surface area contributed by atoms with Crippen LogP contribution in [0, 0.1) is 6.92 Å². The van der Waals surface area contributed by atoms with Gasteiger partial charge in [-0.3, -0.25) is 4.90 Å². The van der Waals surface area contributed by atoms with Crippen LogP contribution in [0.4, 0.5) is 0 Å². The maximum absolute atomic E-state index is 12.6. The highest BCUT2D eigenvalue weighted by atomic mass is 35.5. The molecule has 7 heteroatoms. The Balaban J connectivity index is 1.25. The van der Waals surface area contributed by atoms with Gasteiger partial charge in [-0.15, -0.1) is 0 Å². The van der Waals surface area contributed by atoms with Crippen molar-refractivity contribution in [2.24, 2.45) is 0 Å². The van der Waals surface area contributed by atoms with Crippen LogP contribution in [0.2, 0.25) is 5.02 Å². The second kappa shape index (κ2) is 10.5. The van der Waals surface area contributed by atoms with E-state index in [4.69, 9.17) is 11.6 Å². The molecule has 188 valence electrons. The average Bonchev–Trinajstić information content (AvgIpc) is 3.13. The van der Waals surface area contributed by atoms with E-state index in [9.17, 15) is 8.42 Å². The van der Waals surface area contributed by atoms with Crippen LogP contribution in [0.5, 0.6) is 0 Å². The third kappa shape index (κ3) is 6.18. The van der Waals surface area contributed by atoms with Gasteiger partial charge in [-0.2, -0.15) is 0 Å². The first kappa shape index (κ1) is 26.0. The molecule has 0 fully saturated rings. The number of halogens is 1. The highest BCUT2D eigenvalue weighted by Gasteiger charge is 2.18. The summed E-state index contributed by atoms with van der Waals surface area (Å²) < 4.78 is 30.3. The number of hydrogen-bond donors (Lipinski definition) is 1. The molecule has 4 rings (SSSR count). The zero-order chi connectivity index (χ0) is 25.2. The van der Waals surface area contributed by atoms with Gasteiger partial charge in [-0.1, -0.05) is 50.6 Å². The summed E-state index contributed by atoms with van der Waals surface area (Å²) >= 11 is 6.16. The van der Waals surface area contributed by atoms with Crippen molar-refractivity contribution >= 4 is 38.2 Å². The minimum atomic E-state index is -3.47. The van der Waals surface area contributed by atoms with Gasteiger partial charge in [0.1, 0.15) is 0 Å². The monoisotopic (exact) mass is 513 g/mol. The summed E-state index contributed by atoms with van der Waals surface area (Å²) in [6.45, 7) is 11.8. The Morgan fingerprint density at radius 2 is 1.77 bits per heavy atom. The van der Waals surface area contributed by atoms with E-state index in [1.54, 1.807) is 12.1 Å². The van der Waals surface area contributed by atoms with Gasteiger partial charge in [-0.25, -0.2) is 13.1 Å². The van der Waals surface area contributed by atoms with Gasteiger partial charge in [0.05, 0.1) is 10.4 Å². The van der Waals surface area contributed by atoms with Crippen LogP contribution in [0.15, 0.2) is 59.5 Å². The predicted octanol–water partition coefficient (Wildman–Crippen LogP) is 6.21. The Morgan fingerprint density at radius 1 is 1.03 bits per heavy atom. The topological polar surface area (TPSA) is 54.3 Å². The lowest BCUT2D eigenvalue weighted by atomic mass is 9.87. The van der Waals surface area contributed by atoms with Crippen LogP contribution in [0.3, 0.4) is 0 Å². The molecule has 0 saturated heterocycles. The lowest BCUT2D eigenvalue weighted by molar-refractivity contribution is 0.293. The number of aryl methyl sites for hydroxylation is 1. The first-order valence-corrected chi connectivity index (χ1v) is 14.2. The van der Waals surface area contributed by atoms with Crippen molar-refractivity contribution < 1.29 is 8.42 Å². The third-order valence-corrected chi connectivity index (χ3v) is 8.44. The molecule has 2 aromatic carbocycles. The molecule has 0 amide bonds. The van der Waals surface area contributed by atoms with Gasteiger partial charge in [0.2, 0.25) is 10.0 Å². The highest BCUT2D eigenvalue weighted by molar-refractivity contribution is 7.89. The van der Waals surface area contributed by atoms with E-state index < -0.39 is 10.0 Å². The number of rotatable bonds is 8. The molecule has 35 heavy (non-hydrogen) atoms. The number of hydrogen-bond acceptors (Lipinski definition) is 3. The van der Waals surface area contributed by atoms with E-state index in [2.05, 4.69) is 60.1 Å². The summed E-state index contributed by atoms with van der Waals surface area (Å²) in [4.78, 5) is 2.76. The van der Waals surface area contributed by atoms with Crippen molar-refractivity contribution in [3.8, 4) is 0 Å². The molecule has 0 aliphatic carbocycles. The Morgan fingerprint density at radius 3 is 2.43 bits per heavy atom. The summed E-state index contributed by atoms with van der Waals surface area (Å²) in [5.74, 6) is 0. The molecule has 0 bridgehead atoms. The van der Waals surface area contributed by atoms with Gasteiger partial charge < -0.3 is 4.57 Å². The predicted molar refractivity (Wildman–Crippen MR) is 147 cm³/mol. The summed E-state index contributed by atoms with van der Waals surface area (Å²) in [7, 11) is -3.47. The van der Waals surface area contributed by atoms with Gasteiger partial charge in [-0.05, 0) is 73.7 Å². The zero-order valence-electron chi connectivity index (χ0n) is 21.1. The molecule has 5 nitrogen and oxygen atoms in total. The summed E-state index contributed by atoms with van der Waals surface area (Å²) in [6.07, 6.45) is 5.08. The SMILES string of the molecule is Cc1cc2cc(Cl)ccc2n1C1=CCN(CCCCNS(=O)(=O)c2ccc(C(C)(C)C)cc2)CC1. The van der Waals surface area contributed by atoms with Crippen molar-refractivity contribution in [2.75, 3.05) is 26.2 Å². The first-order chi connectivity index (χ1) is 16.5. The summed E-state index contributed by atoms with van der Waals surface area (Å²) in [6, 6.07) is 15.5. The van der Waals surface area contributed by atoms with Crippen molar-refractivity contribution in [3.05, 3.63) is 70.9 Å². The van der Waals surface area contributed by atoms with Crippen LogP contribution in [-0.4, -0.2) is 44.1 Å².